The first-order valence-corrected chi connectivity index (χ1v) is 7.38. The number of benzene rings is 1. The minimum atomic E-state index is 0.360. The third-order valence-electron chi connectivity index (χ3n) is 3.43. The molecule has 0 radical (unpaired) electrons. The maximum absolute atomic E-state index is 5.53. The summed E-state index contributed by atoms with van der Waals surface area (Å²) < 4.78 is 4.89. The van der Waals surface area contributed by atoms with Crippen LogP contribution in [0.15, 0.2) is 34.9 Å². The van der Waals surface area contributed by atoms with Gasteiger partial charge in [-0.3, -0.25) is 0 Å². The summed E-state index contributed by atoms with van der Waals surface area (Å²) in [4.78, 5) is 0. The molecule has 0 bridgehead atoms. The van der Waals surface area contributed by atoms with Crippen molar-refractivity contribution in [3.05, 3.63) is 35.9 Å². The lowest BCUT2D eigenvalue weighted by Gasteiger charge is -2.21. The Hall–Kier alpha value is -1.42. The van der Waals surface area contributed by atoms with Crippen LogP contribution in [0.4, 0.5) is 5.88 Å². The van der Waals surface area contributed by atoms with Gasteiger partial charge in [0.15, 0.2) is 0 Å². The number of thioether (sulfide) groups is 1. The third-order valence-corrected chi connectivity index (χ3v) is 4.48. The highest BCUT2D eigenvalue weighted by Gasteiger charge is 2.15. The molecule has 0 atom stereocenters. The molecule has 1 fully saturated rings. The molecule has 0 saturated carbocycles. The zero-order chi connectivity index (χ0) is 12.4. The Bertz CT molecular complexity index is 515. The molecule has 1 saturated heterocycles. The number of nitrogens with zero attached hydrogens (tertiary/aromatic N) is 1. The molecular formula is C14H16N2OS. The van der Waals surface area contributed by atoms with E-state index in [0.29, 0.717) is 5.88 Å². The summed E-state index contributed by atoms with van der Waals surface area (Å²) in [6, 6.07) is 10.4. The monoisotopic (exact) mass is 260 g/mol. The smallest absolute Gasteiger partial charge is 0.222 e. The maximum Gasteiger partial charge on any atom is 0.222 e. The Morgan fingerprint density at radius 2 is 1.89 bits per heavy atom. The summed E-state index contributed by atoms with van der Waals surface area (Å²) in [6.45, 7) is 0. The quantitative estimate of drug-likeness (QED) is 0.897. The van der Waals surface area contributed by atoms with Gasteiger partial charge in [-0.1, -0.05) is 29.4 Å². The van der Waals surface area contributed by atoms with E-state index in [9.17, 15) is 0 Å². The van der Waals surface area contributed by atoms with Crippen LogP contribution in [0.1, 0.15) is 24.3 Å². The summed E-state index contributed by atoms with van der Waals surface area (Å²) in [5, 5.41) is 3.92. The van der Waals surface area contributed by atoms with Gasteiger partial charge in [0.25, 0.3) is 0 Å². The molecule has 2 heterocycles. The average molecular weight is 260 g/mol. The first-order chi connectivity index (χ1) is 8.83. The Kier molecular flexibility index (Phi) is 3.28. The van der Waals surface area contributed by atoms with Crippen molar-refractivity contribution in [3.8, 4) is 11.3 Å². The zero-order valence-electron chi connectivity index (χ0n) is 10.1. The van der Waals surface area contributed by atoms with Gasteiger partial charge in [-0.25, -0.2) is 0 Å². The molecule has 1 aromatic heterocycles. The van der Waals surface area contributed by atoms with E-state index in [0.717, 1.165) is 17.2 Å². The SMILES string of the molecule is Nc1cc(-c2ccc(C3CCSCC3)cc2)no1. The highest BCUT2D eigenvalue weighted by Crippen LogP contribution is 2.32. The minimum absolute atomic E-state index is 0.360. The second kappa shape index (κ2) is 5.06. The van der Waals surface area contributed by atoms with Gasteiger partial charge in [-0.15, -0.1) is 0 Å². The van der Waals surface area contributed by atoms with Crippen LogP contribution < -0.4 is 5.73 Å². The largest absolute Gasteiger partial charge is 0.368 e. The molecule has 2 N–H and O–H groups in total. The normalized spacial score (nSPS) is 16.9. The zero-order valence-corrected chi connectivity index (χ0v) is 11.0. The minimum Gasteiger partial charge on any atom is -0.368 e. The van der Waals surface area contributed by atoms with Crippen molar-refractivity contribution in [2.75, 3.05) is 17.2 Å². The molecule has 4 heteroatoms. The van der Waals surface area contributed by atoms with E-state index >= 15 is 0 Å². The molecule has 3 nitrogen and oxygen atoms in total. The summed E-state index contributed by atoms with van der Waals surface area (Å²) in [7, 11) is 0. The van der Waals surface area contributed by atoms with E-state index in [2.05, 4.69) is 41.2 Å². The van der Waals surface area contributed by atoms with Crippen LogP contribution in [0.2, 0.25) is 0 Å². The average Bonchev–Trinajstić information content (AvgIpc) is 2.87. The molecule has 1 aromatic carbocycles. The summed E-state index contributed by atoms with van der Waals surface area (Å²) in [6.07, 6.45) is 2.59. The van der Waals surface area contributed by atoms with Gasteiger partial charge >= 0.3 is 0 Å². The Labute approximate surface area is 111 Å². The molecule has 18 heavy (non-hydrogen) atoms. The number of hydrogen-bond donors (Lipinski definition) is 1. The van der Waals surface area contributed by atoms with Gasteiger partial charge in [0.2, 0.25) is 5.88 Å². The van der Waals surface area contributed by atoms with Crippen molar-refractivity contribution in [2.24, 2.45) is 0 Å². The number of anilines is 1. The Morgan fingerprint density at radius 1 is 1.17 bits per heavy atom. The molecule has 2 aromatic rings. The molecule has 0 unspecified atom stereocenters. The van der Waals surface area contributed by atoms with Gasteiger partial charge in [0.05, 0.1) is 0 Å². The predicted molar refractivity (Wildman–Crippen MR) is 75.7 cm³/mol. The highest BCUT2D eigenvalue weighted by atomic mass is 32.2. The van der Waals surface area contributed by atoms with Crippen molar-refractivity contribution < 1.29 is 4.52 Å². The maximum atomic E-state index is 5.53. The van der Waals surface area contributed by atoms with Gasteiger partial charge in [0.1, 0.15) is 5.69 Å². The lowest BCUT2D eigenvalue weighted by Crippen LogP contribution is -2.07. The van der Waals surface area contributed by atoms with Crippen LogP contribution in [0, 0.1) is 0 Å². The van der Waals surface area contributed by atoms with E-state index in [4.69, 9.17) is 10.3 Å². The lowest BCUT2D eigenvalue weighted by atomic mass is 9.92. The summed E-state index contributed by atoms with van der Waals surface area (Å²) in [5.74, 6) is 3.65. The molecule has 0 aliphatic carbocycles. The van der Waals surface area contributed by atoms with Crippen LogP contribution >= 0.6 is 11.8 Å². The van der Waals surface area contributed by atoms with Gasteiger partial charge in [-0.2, -0.15) is 11.8 Å². The Morgan fingerprint density at radius 3 is 2.50 bits per heavy atom. The topological polar surface area (TPSA) is 52.0 Å². The number of aromatic nitrogens is 1. The number of rotatable bonds is 2. The van der Waals surface area contributed by atoms with E-state index in [1.807, 2.05) is 0 Å². The lowest BCUT2D eigenvalue weighted by molar-refractivity contribution is 0.439. The molecule has 1 aliphatic heterocycles. The fraction of sp³-hybridized carbons (Fsp3) is 0.357. The number of nitrogen functional groups attached to an aromatic ring is 1. The van der Waals surface area contributed by atoms with Crippen LogP contribution in [-0.4, -0.2) is 16.7 Å². The van der Waals surface area contributed by atoms with E-state index < -0.39 is 0 Å². The van der Waals surface area contributed by atoms with Crippen LogP contribution in [-0.2, 0) is 0 Å². The molecule has 1 aliphatic rings. The summed E-state index contributed by atoms with van der Waals surface area (Å²) >= 11 is 2.06. The van der Waals surface area contributed by atoms with Crippen molar-refractivity contribution in [2.45, 2.75) is 18.8 Å². The van der Waals surface area contributed by atoms with Crippen molar-refractivity contribution in [3.63, 3.8) is 0 Å². The Balaban J connectivity index is 1.80. The fourth-order valence-corrected chi connectivity index (χ4v) is 3.49. The van der Waals surface area contributed by atoms with E-state index in [-0.39, 0.29) is 0 Å². The van der Waals surface area contributed by atoms with Crippen molar-refractivity contribution in [1.29, 1.82) is 0 Å². The second-order valence-electron chi connectivity index (χ2n) is 4.62. The van der Waals surface area contributed by atoms with Crippen LogP contribution in [0.5, 0.6) is 0 Å². The van der Waals surface area contributed by atoms with E-state index in [1.165, 1.54) is 29.9 Å². The van der Waals surface area contributed by atoms with Crippen LogP contribution in [0.3, 0.4) is 0 Å². The molecule has 0 spiro atoms. The van der Waals surface area contributed by atoms with Gasteiger partial charge in [0, 0.05) is 11.6 Å². The van der Waals surface area contributed by atoms with Crippen molar-refractivity contribution >= 4 is 17.6 Å². The molecule has 3 rings (SSSR count). The van der Waals surface area contributed by atoms with Crippen LogP contribution in [0.25, 0.3) is 11.3 Å². The summed E-state index contributed by atoms with van der Waals surface area (Å²) in [5.41, 5.74) is 8.84. The number of nitrogens with two attached hydrogens (primary N) is 1. The molecule has 0 amide bonds. The van der Waals surface area contributed by atoms with Gasteiger partial charge < -0.3 is 10.3 Å². The van der Waals surface area contributed by atoms with Crippen molar-refractivity contribution in [1.82, 2.24) is 5.16 Å². The van der Waals surface area contributed by atoms with E-state index in [1.54, 1.807) is 6.07 Å². The number of hydrogen-bond acceptors (Lipinski definition) is 4. The highest BCUT2D eigenvalue weighted by molar-refractivity contribution is 7.99. The predicted octanol–water partition coefficient (Wildman–Crippen LogP) is 3.53. The first kappa shape index (κ1) is 11.7. The third kappa shape index (κ3) is 2.38. The van der Waals surface area contributed by atoms with Gasteiger partial charge in [-0.05, 0) is 35.8 Å². The molecular weight excluding hydrogens is 244 g/mol. The molecule has 94 valence electrons. The standard InChI is InChI=1S/C14H16N2OS/c15-14-9-13(16-17-14)12-3-1-10(2-4-12)11-5-7-18-8-6-11/h1-4,9,11H,5-8,15H2. The first-order valence-electron chi connectivity index (χ1n) is 6.23. The second-order valence-corrected chi connectivity index (χ2v) is 5.85. The fourth-order valence-electron chi connectivity index (χ4n) is 2.38.